The molecule has 2 N–H and O–H groups in total. The molecule has 0 bridgehead atoms. The number of nitrogens with one attached hydrogen (secondary N) is 2. The summed E-state index contributed by atoms with van der Waals surface area (Å²) in [4.78, 5) is 46.0. The highest BCUT2D eigenvalue weighted by Gasteiger charge is 2.19. The van der Waals surface area contributed by atoms with E-state index in [1.807, 2.05) is 6.07 Å². The molecule has 10 heteroatoms. The van der Waals surface area contributed by atoms with Crippen LogP contribution in [0.1, 0.15) is 22.8 Å². The first-order valence-corrected chi connectivity index (χ1v) is 8.33. The third kappa shape index (κ3) is 6.14. The average molecular weight is 396 g/mol. The van der Waals surface area contributed by atoms with Crippen molar-refractivity contribution in [3.63, 3.8) is 0 Å². The normalized spacial score (nSPS) is 10.9. The van der Waals surface area contributed by atoms with Gasteiger partial charge in [0.15, 0.2) is 6.10 Å². The van der Waals surface area contributed by atoms with Crippen LogP contribution in [0, 0.1) is 21.4 Å². The summed E-state index contributed by atoms with van der Waals surface area (Å²) >= 11 is 0. The van der Waals surface area contributed by atoms with E-state index in [1.54, 1.807) is 18.2 Å². The molecule has 0 aliphatic heterocycles. The summed E-state index contributed by atoms with van der Waals surface area (Å²) in [6.07, 6.45) is -1.15. The largest absolute Gasteiger partial charge is 0.451 e. The molecule has 0 aliphatic rings. The van der Waals surface area contributed by atoms with E-state index in [2.05, 4.69) is 10.6 Å². The number of ether oxygens (including phenoxy) is 1. The fourth-order valence-electron chi connectivity index (χ4n) is 2.22. The number of rotatable bonds is 7. The van der Waals surface area contributed by atoms with E-state index in [9.17, 15) is 24.5 Å². The second kappa shape index (κ2) is 9.61. The lowest BCUT2D eigenvalue weighted by Crippen LogP contribution is -2.35. The molecule has 2 aromatic rings. The number of nitrogens with zero attached hydrogens (tertiary/aromatic N) is 2. The van der Waals surface area contributed by atoms with Gasteiger partial charge in [-0.15, -0.1) is 0 Å². The molecule has 2 aromatic carbocycles. The van der Waals surface area contributed by atoms with Crippen molar-refractivity contribution in [2.75, 3.05) is 11.9 Å². The monoisotopic (exact) mass is 396 g/mol. The summed E-state index contributed by atoms with van der Waals surface area (Å²) in [5.74, 6) is -2.17. The van der Waals surface area contributed by atoms with Crippen molar-refractivity contribution >= 4 is 29.2 Å². The van der Waals surface area contributed by atoms with E-state index in [0.29, 0.717) is 11.3 Å². The van der Waals surface area contributed by atoms with Crippen molar-refractivity contribution in [1.82, 2.24) is 5.32 Å². The van der Waals surface area contributed by atoms with Gasteiger partial charge >= 0.3 is 5.97 Å². The maximum Gasteiger partial charge on any atom is 0.326 e. The Bertz CT molecular complexity index is 998. The Morgan fingerprint density at radius 2 is 1.93 bits per heavy atom. The number of hydrogen-bond acceptors (Lipinski definition) is 7. The van der Waals surface area contributed by atoms with E-state index >= 15 is 0 Å². The maximum atomic E-state index is 12.1. The molecule has 0 aromatic heterocycles. The van der Waals surface area contributed by atoms with Crippen LogP contribution in [0.3, 0.4) is 0 Å². The lowest BCUT2D eigenvalue weighted by atomic mass is 10.2. The van der Waals surface area contributed by atoms with Crippen LogP contribution < -0.4 is 10.6 Å². The minimum absolute atomic E-state index is 0.00941. The number of non-ortho nitro benzene ring substituents is 1. The van der Waals surface area contributed by atoms with E-state index in [1.165, 1.54) is 31.2 Å². The van der Waals surface area contributed by atoms with Crippen LogP contribution in [0.5, 0.6) is 0 Å². The molecular formula is C19H16N4O6. The minimum Gasteiger partial charge on any atom is -0.451 e. The summed E-state index contributed by atoms with van der Waals surface area (Å²) in [5, 5.41) is 24.4. The minimum atomic E-state index is -1.15. The van der Waals surface area contributed by atoms with Crippen molar-refractivity contribution in [2.45, 2.75) is 13.0 Å². The standard InChI is InChI=1S/C19H16N4O6/c1-12(18(25)22-15-6-2-4-13(8-15)10-20)29-17(24)11-21-19(26)14-5-3-7-16(9-14)23(27)28/h2-9,12H,11H2,1H3,(H,21,26)(H,22,25)/t12-/m0/s1. The van der Waals surface area contributed by atoms with Crippen LogP contribution in [0.4, 0.5) is 11.4 Å². The van der Waals surface area contributed by atoms with Crippen LogP contribution in [-0.2, 0) is 14.3 Å². The fraction of sp³-hybridized carbons (Fsp3) is 0.158. The molecule has 2 rings (SSSR count). The third-order valence-electron chi connectivity index (χ3n) is 3.65. The predicted molar refractivity (Wildman–Crippen MR) is 101 cm³/mol. The van der Waals surface area contributed by atoms with Crippen molar-refractivity contribution < 1.29 is 24.0 Å². The van der Waals surface area contributed by atoms with E-state index in [-0.39, 0.29) is 11.3 Å². The van der Waals surface area contributed by atoms with Crippen LogP contribution in [0.15, 0.2) is 48.5 Å². The molecule has 0 spiro atoms. The second-order valence-corrected chi connectivity index (χ2v) is 5.80. The van der Waals surface area contributed by atoms with Gasteiger partial charge in [-0.25, -0.2) is 0 Å². The SMILES string of the molecule is C[C@H](OC(=O)CNC(=O)c1cccc([N+](=O)[O-])c1)C(=O)Nc1cccc(C#N)c1. The number of amides is 2. The molecule has 0 saturated heterocycles. The number of nitro benzene ring substituents is 1. The van der Waals surface area contributed by atoms with Gasteiger partial charge in [0.1, 0.15) is 6.54 Å². The zero-order valence-electron chi connectivity index (χ0n) is 15.2. The fourth-order valence-corrected chi connectivity index (χ4v) is 2.22. The van der Waals surface area contributed by atoms with Crippen LogP contribution in [0.25, 0.3) is 0 Å². The van der Waals surface area contributed by atoms with Gasteiger partial charge in [0.05, 0.1) is 16.6 Å². The molecule has 2 amide bonds. The first-order chi connectivity index (χ1) is 13.8. The number of nitriles is 1. The third-order valence-corrected chi connectivity index (χ3v) is 3.65. The zero-order valence-corrected chi connectivity index (χ0v) is 15.2. The molecule has 0 saturated carbocycles. The lowest BCUT2D eigenvalue weighted by Gasteiger charge is -2.14. The molecule has 0 fully saturated rings. The van der Waals surface area contributed by atoms with E-state index in [0.717, 1.165) is 6.07 Å². The van der Waals surface area contributed by atoms with E-state index in [4.69, 9.17) is 10.00 Å². The Morgan fingerprint density at radius 3 is 2.62 bits per heavy atom. The summed E-state index contributed by atoms with van der Waals surface area (Å²) < 4.78 is 4.95. The van der Waals surface area contributed by atoms with Gasteiger partial charge in [-0.1, -0.05) is 12.1 Å². The van der Waals surface area contributed by atoms with Crippen molar-refractivity contribution in [2.24, 2.45) is 0 Å². The number of esters is 1. The number of hydrogen-bond donors (Lipinski definition) is 2. The molecular weight excluding hydrogens is 380 g/mol. The van der Waals surface area contributed by atoms with Crippen molar-refractivity contribution in [1.29, 1.82) is 5.26 Å². The molecule has 29 heavy (non-hydrogen) atoms. The molecule has 0 radical (unpaired) electrons. The molecule has 1 atom stereocenters. The summed E-state index contributed by atoms with van der Waals surface area (Å²) in [5.41, 5.74) is 0.480. The van der Waals surface area contributed by atoms with Gasteiger partial charge < -0.3 is 15.4 Å². The summed E-state index contributed by atoms with van der Waals surface area (Å²) in [7, 11) is 0. The lowest BCUT2D eigenvalue weighted by molar-refractivity contribution is -0.384. The van der Waals surface area contributed by atoms with Crippen molar-refractivity contribution in [3.8, 4) is 6.07 Å². The highest BCUT2D eigenvalue weighted by molar-refractivity contribution is 5.97. The maximum absolute atomic E-state index is 12.1. The summed E-state index contributed by atoms with van der Waals surface area (Å²) in [6.45, 7) is 0.826. The van der Waals surface area contributed by atoms with Gasteiger partial charge in [0, 0.05) is 23.4 Å². The van der Waals surface area contributed by atoms with Crippen LogP contribution >= 0.6 is 0 Å². The topological polar surface area (TPSA) is 151 Å². The molecule has 0 unspecified atom stereocenters. The Balaban J connectivity index is 1.85. The number of nitro groups is 1. The van der Waals surface area contributed by atoms with Gasteiger partial charge in [-0.05, 0) is 31.2 Å². The van der Waals surface area contributed by atoms with Crippen LogP contribution in [0.2, 0.25) is 0 Å². The smallest absolute Gasteiger partial charge is 0.326 e. The first kappa shape index (κ1) is 21.0. The Labute approximate surface area is 165 Å². The van der Waals surface area contributed by atoms with Gasteiger partial charge in [0.25, 0.3) is 17.5 Å². The average Bonchev–Trinajstić information content (AvgIpc) is 2.72. The van der Waals surface area contributed by atoms with Crippen molar-refractivity contribution in [3.05, 3.63) is 69.8 Å². The molecule has 0 heterocycles. The van der Waals surface area contributed by atoms with Crippen LogP contribution in [-0.4, -0.2) is 35.4 Å². The quantitative estimate of drug-likeness (QED) is 0.411. The Morgan fingerprint density at radius 1 is 1.21 bits per heavy atom. The molecule has 148 valence electrons. The predicted octanol–water partition coefficient (Wildman–Crippen LogP) is 1.77. The van der Waals surface area contributed by atoms with E-state index < -0.39 is 35.4 Å². The van der Waals surface area contributed by atoms with Gasteiger partial charge in [0.2, 0.25) is 0 Å². The van der Waals surface area contributed by atoms with Gasteiger partial charge in [-0.2, -0.15) is 5.26 Å². The summed E-state index contributed by atoms with van der Waals surface area (Å²) in [6, 6.07) is 13.2. The van der Waals surface area contributed by atoms with Gasteiger partial charge in [-0.3, -0.25) is 24.5 Å². The number of benzene rings is 2. The second-order valence-electron chi connectivity index (χ2n) is 5.80. The zero-order chi connectivity index (χ0) is 21.4. The number of carbonyl (C=O) groups is 3. The number of anilines is 1. The number of carbonyl (C=O) groups excluding carboxylic acids is 3. The Kier molecular flexibility index (Phi) is 6.97. The molecule has 10 nitrogen and oxygen atoms in total. The molecule has 0 aliphatic carbocycles. The highest BCUT2D eigenvalue weighted by Crippen LogP contribution is 2.13. The Hall–Kier alpha value is -4.26. The highest BCUT2D eigenvalue weighted by atomic mass is 16.6. The first-order valence-electron chi connectivity index (χ1n) is 8.33.